The number of methoxy groups -OCH3 is 1. The van der Waals surface area contributed by atoms with Gasteiger partial charge < -0.3 is 10.1 Å². The molecule has 1 rings (SSSR count). The maximum absolute atomic E-state index is 10.6. The molecule has 3 nitrogen and oxygen atoms in total. The van der Waals surface area contributed by atoms with E-state index in [2.05, 4.69) is 10.1 Å². The molecular weight excluding hydrogens is 130 g/mol. The van der Waals surface area contributed by atoms with Crippen molar-refractivity contribution in [1.29, 1.82) is 0 Å². The highest BCUT2D eigenvalue weighted by molar-refractivity contribution is 5.82. The number of rotatable bonds is 1. The Morgan fingerprint density at radius 1 is 1.80 bits per heavy atom. The van der Waals surface area contributed by atoms with Gasteiger partial charge in [-0.2, -0.15) is 0 Å². The normalized spacial score (nSPS) is 20.7. The van der Waals surface area contributed by atoms with E-state index < -0.39 is 0 Å². The molecule has 10 heavy (non-hydrogen) atoms. The fourth-order valence-corrected chi connectivity index (χ4v) is 0.941. The summed E-state index contributed by atoms with van der Waals surface area (Å²) in [6, 6.07) is 0. The van der Waals surface area contributed by atoms with Crippen LogP contribution < -0.4 is 5.32 Å². The van der Waals surface area contributed by atoms with Gasteiger partial charge >= 0.3 is 5.97 Å². The monoisotopic (exact) mass is 141 g/mol. The van der Waals surface area contributed by atoms with Gasteiger partial charge in [0.1, 0.15) is 0 Å². The van der Waals surface area contributed by atoms with Crippen LogP contribution in [-0.2, 0) is 9.53 Å². The lowest BCUT2D eigenvalue weighted by Gasteiger charge is -1.95. The lowest BCUT2D eigenvalue weighted by molar-refractivity contribution is -0.134. The van der Waals surface area contributed by atoms with E-state index in [0.29, 0.717) is 0 Å². The highest BCUT2D eigenvalue weighted by Crippen LogP contribution is 2.07. The van der Waals surface area contributed by atoms with Crippen LogP contribution in [0.25, 0.3) is 0 Å². The Hall–Kier alpha value is -0.990. The summed E-state index contributed by atoms with van der Waals surface area (Å²) in [6.07, 6.45) is 3.59. The molecule has 56 valence electrons. The van der Waals surface area contributed by atoms with E-state index in [1.54, 1.807) is 0 Å². The van der Waals surface area contributed by atoms with Crippen LogP contribution in [0.5, 0.6) is 0 Å². The van der Waals surface area contributed by atoms with Gasteiger partial charge in [0, 0.05) is 18.3 Å². The second-order valence-electron chi connectivity index (χ2n) is 2.22. The molecule has 1 aliphatic rings. The number of ether oxygens (including phenoxy) is 1. The summed E-state index contributed by atoms with van der Waals surface area (Å²) >= 11 is 0. The lowest BCUT2D eigenvalue weighted by atomic mass is 10.3. The summed E-state index contributed by atoms with van der Waals surface area (Å²) < 4.78 is 4.46. The molecule has 0 atom stereocenters. The average Bonchev–Trinajstić information content (AvgIpc) is 2.40. The summed E-state index contributed by atoms with van der Waals surface area (Å²) in [5, 5.41) is 3.08. The zero-order chi connectivity index (χ0) is 7.40. The van der Waals surface area contributed by atoms with Gasteiger partial charge in [-0.3, -0.25) is 0 Å². The quantitative estimate of drug-likeness (QED) is 0.425. The Balaban J connectivity index is 2.45. The summed E-state index contributed by atoms with van der Waals surface area (Å²) in [7, 11) is 1.38. The number of nitrogens with one attached hydrogen (secondary N) is 1. The number of hydrogen-bond acceptors (Lipinski definition) is 3. The molecule has 0 saturated carbocycles. The Morgan fingerprint density at radius 2 is 2.60 bits per heavy atom. The maximum atomic E-state index is 10.6. The van der Waals surface area contributed by atoms with Gasteiger partial charge in [0.2, 0.25) is 0 Å². The topological polar surface area (TPSA) is 38.3 Å². The highest BCUT2D eigenvalue weighted by Gasteiger charge is 2.06. The summed E-state index contributed by atoms with van der Waals surface area (Å²) in [5.74, 6) is -0.274. The standard InChI is InChI=1S/C7H11NO2/c1-10-7(9)5-6-3-2-4-8-6/h5,8H,2-4H2,1H3/b6-5+. The Kier molecular flexibility index (Phi) is 2.31. The Labute approximate surface area is 60.1 Å². The van der Waals surface area contributed by atoms with Crippen molar-refractivity contribution in [1.82, 2.24) is 5.32 Å². The molecule has 0 spiro atoms. The summed E-state index contributed by atoms with van der Waals surface area (Å²) in [6.45, 7) is 0.975. The predicted molar refractivity (Wildman–Crippen MR) is 37.3 cm³/mol. The fourth-order valence-electron chi connectivity index (χ4n) is 0.941. The third-order valence-electron chi connectivity index (χ3n) is 1.47. The third kappa shape index (κ3) is 1.76. The number of esters is 1. The molecule has 0 aromatic carbocycles. The maximum Gasteiger partial charge on any atom is 0.332 e. The van der Waals surface area contributed by atoms with Crippen LogP contribution in [-0.4, -0.2) is 19.6 Å². The molecule has 1 N–H and O–H groups in total. The molecule has 0 bridgehead atoms. The third-order valence-corrected chi connectivity index (χ3v) is 1.47. The number of allylic oxidation sites excluding steroid dienone is 1. The van der Waals surface area contributed by atoms with Gasteiger partial charge in [0.25, 0.3) is 0 Å². The van der Waals surface area contributed by atoms with Crippen LogP contribution in [0, 0.1) is 0 Å². The van der Waals surface area contributed by atoms with E-state index >= 15 is 0 Å². The molecule has 0 aromatic heterocycles. The molecule has 1 saturated heterocycles. The summed E-state index contributed by atoms with van der Waals surface area (Å²) in [5.41, 5.74) is 0.992. The van der Waals surface area contributed by atoms with Gasteiger partial charge in [0.05, 0.1) is 7.11 Å². The average molecular weight is 141 g/mol. The van der Waals surface area contributed by atoms with E-state index in [1.165, 1.54) is 13.2 Å². The lowest BCUT2D eigenvalue weighted by Crippen LogP contribution is -2.06. The first-order chi connectivity index (χ1) is 4.83. The summed E-state index contributed by atoms with van der Waals surface area (Å²) in [4.78, 5) is 10.6. The second-order valence-corrected chi connectivity index (χ2v) is 2.22. The van der Waals surface area contributed by atoms with E-state index in [0.717, 1.165) is 25.1 Å². The number of carbonyl (C=O) groups excluding carboxylic acids is 1. The van der Waals surface area contributed by atoms with Crippen LogP contribution in [0.1, 0.15) is 12.8 Å². The number of hydrogen-bond donors (Lipinski definition) is 1. The first-order valence-electron chi connectivity index (χ1n) is 3.35. The van der Waals surface area contributed by atoms with Gasteiger partial charge in [-0.25, -0.2) is 4.79 Å². The van der Waals surface area contributed by atoms with Crippen molar-refractivity contribution in [3.63, 3.8) is 0 Å². The predicted octanol–water partition coefficient (Wildman–Crippen LogP) is 0.427. The minimum absolute atomic E-state index is 0.274. The molecule has 0 aromatic rings. The van der Waals surface area contributed by atoms with Gasteiger partial charge in [0.15, 0.2) is 0 Å². The van der Waals surface area contributed by atoms with Crippen molar-refractivity contribution in [2.75, 3.05) is 13.7 Å². The minimum atomic E-state index is -0.274. The highest BCUT2D eigenvalue weighted by atomic mass is 16.5. The van der Waals surface area contributed by atoms with E-state index in [1.807, 2.05) is 0 Å². The van der Waals surface area contributed by atoms with Crippen molar-refractivity contribution in [3.8, 4) is 0 Å². The van der Waals surface area contributed by atoms with E-state index in [-0.39, 0.29) is 5.97 Å². The minimum Gasteiger partial charge on any atom is -0.466 e. The number of carbonyl (C=O) groups is 1. The van der Waals surface area contributed by atoms with Crippen LogP contribution in [0.4, 0.5) is 0 Å². The van der Waals surface area contributed by atoms with Crippen molar-refractivity contribution in [3.05, 3.63) is 11.8 Å². The zero-order valence-electron chi connectivity index (χ0n) is 6.02. The molecule has 3 heteroatoms. The molecule has 0 aliphatic carbocycles. The van der Waals surface area contributed by atoms with Crippen LogP contribution >= 0.6 is 0 Å². The van der Waals surface area contributed by atoms with Gasteiger partial charge in [-0.05, 0) is 12.8 Å². The van der Waals surface area contributed by atoms with Crippen molar-refractivity contribution >= 4 is 5.97 Å². The van der Waals surface area contributed by atoms with Crippen molar-refractivity contribution in [2.24, 2.45) is 0 Å². The molecule has 1 heterocycles. The van der Waals surface area contributed by atoms with Crippen molar-refractivity contribution in [2.45, 2.75) is 12.8 Å². The van der Waals surface area contributed by atoms with E-state index in [4.69, 9.17) is 0 Å². The van der Waals surface area contributed by atoms with Crippen LogP contribution in [0.15, 0.2) is 11.8 Å². The largest absolute Gasteiger partial charge is 0.466 e. The SMILES string of the molecule is COC(=O)/C=C1\CCCN1. The van der Waals surface area contributed by atoms with Gasteiger partial charge in [-0.15, -0.1) is 0 Å². The fraction of sp³-hybridized carbons (Fsp3) is 0.571. The molecule has 0 unspecified atom stereocenters. The second kappa shape index (κ2) is 3.25. The van der Waals surface area contributed by atoms with E-state index in [9.17, 15) is 4.79 Å². The van der Waals surface area contributed by atoms with Gasteiger partial charge in [-0.1, -0.05) is 0 Å². The van der Waals surface area contributed by atoms with Crippen LogP contribution in [0.2, 0.25) is 0 Å². The first-order valence-corrected chi connectivity index (χ1v) is 3.35. The molecule has 1 fully saturated rings. The first kappa shape index (κ1) is 7.12. The molecular formula is C7H11NO2. The zero-order valence-corrected chi connectivity index (χ0v) is 6.02. The molecule has 0 amide bonds. The molecule has 0 radical (unpaired) electrons. The molecule has 1 aliphatic heterocycles. The smallest absolute Gasteiger partial charge is 0.332 e. The van der Waals surface area contributed by atoms with Crippen LogP contribution in [0.3, 0.4) is 0 Å². The Morgan fingerprint density at radius 3 is 3.10 bits per heavy atom. The Bertz CT molecular complexity index is 155. The van der Waals surface area contributed by atoms with Crippen molar-refractivity contribution < 1.29 is 9.53 Å².